The van der Waals surface area contributed by atoms with Gasteiger partial charge in [0.2, 0.25) is 5.91 Å². The first-order valence-corrected chi connectivity index (χ1v) is 9.17. The van der Waals surface area contributed by atoms with Gasteiger partial charge in [0.1, 0.15) is 0 Å². The summed E-state index contributed by atoms with van der Waals surface area (Å²) >= 11 is 0. The van der Waals surface area contributed by atoms with Gasteiger partial charge in [0.15, 0.2) is 0 Å². The summed E-state index contributed by atoms with van der Waals surface area (Å²) in [5, 5.41) is 2.99. The number of piperazine rings is 1. The Morgan fingerprint density at radius 2 is 1.78 bits per heavy atom. The lowest BCUT2D eigenvalue weighted by Crippen LogP contribution is -2.47. The number of hydrogen-bond acceptors (Lipinski definition) is 4. The summed E-state index contributed by atoms with van der Waals surface area (Å²) in [7, 11) is 0. The molecule has 1 aliphatic carbocycles. The molecule has 0 radical (unpaired) electrons. The average molecular weight is 440 g/mol. The summed E-state index contributed by atoms with van der Waals surface area (Å²) in [6.07, 6.45) is 2.84. The lowest BCUT2D eigenvalue weighted by Gasteiger charge is -2.36. The van der Waals surface area contributed by atoms with Gasteiger partial charge in [0.25, 0.3) is 0 Å². The van der Waals surface area contributed by atoms with Crippen molar-refractivity contribution in [3.63, 3.8) is 0 Å². The molecular weight excluding hydrogens is 407 g/mol. The molecule has 2 fully saturated rings. The third kappa shape index (κ3) is 7.66. The number of nitrogens with zero attached hydrogens (tertiary/aromatic N) is 2. The summed E-state index contributed by atoms with van der Waals surface area (Å²) in [5.41, 5.74) is 7.85. The van der Waals surface area contributed by atoms with Crippen molar-refractivity contribution in [2.75, 3.05) is 42.9 Å². The predicted octanol–water partition coefficient (Wildman–Crippen LogP) is 3.41. The van der Waals surface area contributed by atoms with Crippen LogP contribution in [0, 0.1) is 11.8 Å². The monoisotopic (exact) mass is 438 g/mol. The second kappa shape index (κ2) is 12.0. The van der Waals surface area contributed by atoms with Gasteiger partial charge in [-0.05, 0) is 43.9 Å². The Balaban J connectivity index is 0.00000225. The maximum absolute atomic E-state index is 12.2. The normalized spacial score (nSPS) is 19.0. The minimum atomic E-state index is -0.195. The second-order valence-electron chi connectivity index (χ2n) is 7.42. The first-order valence-electron chi connectivity index (χ1n) is 9.17. The maximum Gasteiger partial charge on any atom is 0.228 e. The molecule has 0 bridgehead atoms. The standard InChI is InChI=1S/C19H30N4O.3ClH/c1-14(15(2)20)19(24)21-17-4-3-5-18(12-17)23-10-8-22(9-11-23)13-16-6-7-16;;;/h3-5,12,14-16H,6-11,13,20H2,1-2H3,(H,21,24);3*1H. The van der Waals surface area contributed by atoms with Gasteiger partial charge in [-0.2, -0.15) is 0 Å². The van der Waals surface area contributed by atoms with E-state index in [0.29, 0.717) is 0 Å². The number of amides is 1. The zero-order valence-corrected chi connectivity index (χ0v) is 18.5. The van der Waals surface area contributed by atoms with Crippen LogP contribution in [0.3, 0.4) is 0 Å². The van der Waals surface area contributed by atoms with E-state index in [0.717, 1.165) is 37.8 Å². The number of carbonyl (C=O) groups excluding carboxylic acids is 1. The lowest BCUT2D eigenvalue weighted by atomic mass is 10.0. The van der Waals surface area contributed by atoms with Crippen molar-refractivity contribution in [2.24, 2.45) is 17.6 Å². The number of nitrogens with one attached hydrogen (secondary N) is 1. The van der Waals surface area contributed by atoms with E-state index in [1.165, 1.54) is 25.1 Å². The first-order chi connectivity index (χ1) is 11.5. The van der Waals surface area contributed by atoms with E-state index in [1.54, 1.807) is 0 Å². The van der Waals surface area contributed by atoms with Crippen LogP contribution in [0.2, 0.25) is 0 Å². The van der Waals surface area contributed by atoms with Crippen LogP contribution in [0.4, 0.5) is 11.4 Å². The predicted molar refractivity (Wildman–Crippen MR) is 121 cm³/mol. The Morgan fingerprint density at radius 3 is 2.33 bits per heavy atom. The van der Waals surface area contributed by atoms with Gasteiger partial charge in [0, 0.05) is 50.1 Å². The molecule has 3 rings (SSSR count). The topological polar surface area (TPSA) is 61.6 Å². The SMILES string of the molecule is CC(N)C(C)C(=O)Nc1cccc(N2CCN(CC3CC3)CC2)c1.Cl.Cl.Cl. The molecular formula is C19H33Cl3N4O. The highest BCUT2D eigenvalue weighted by Crippen LogP contribution is 2.30. The van der Waals surface area contributed by atoms with E-state index in [4.69, 9.17) is 5.73 Å². The molecule has 1 amide bonds. The molecule has 1 aliphatic heterocycles. The van der Waals surface area contributed by atoms with Crippen LogP contribution in [0.15, 0.2) is 24.3 Å². The molecule has 0 aromatic heterocycles. The molecule has 27 heavy (non-hydrogen) atoms. The number of benzene rings is 1. The van der Waals surface area contributed by atoms with Crippen molar-refractivity contribution in [3.05, 3.63) is 24.3 Å². The number of anilines is 2. The number of nitrogens with two attached hydrogens (primary N) is 1. The van der Waals surface area contributed by atoms with E-state index in [1.807, 2.05) is 26.0 Å². The van der Waals surface area contributed by atoms with Crippen LogP contribution in [0.5, 0.6) is 0 Å². The van der Waals surface area contributed by atoms with Gasteiger partial charge >= 0.3 is 0 Å². The van der Waals surface area contributed by atoms with Gasteiger partial charge < -0.3 is 16.0 Å². The highest BCUT2D eigenvalue weighted by molar-refractivity contribution is 5.93. The van der Waals surface area contributed by atoms with Crippen molar-refractivity contribution < 1.29 is 4.79 Å². The molecule has 1 aromatic carbocycles. The smallest absolute Gasteiger partial charge is 0.228 e. The summed E-state index contributed by atoms with van der Waals surface area (Å²) in [4.78, 5) is 17.2. The fourth-order valence-corrected chi connectivity index (χ4v) is 3.13. The molecule has 3 N–H and O–H groups in total. The zero-order valence-electron chi connectivity index (χ0n) is 16.1. The Morgan fingerprint density at radius 1 is 1.15 bits per heavy atom. The van der Waals surface area contributed by atoms with E-state index >= 15 is 0 Å². The molecule has 1 saturated carbocycles. The zero-order chi connectivity index (χ0) is 17.1. The molecule has 0 spiro atoms. The highest BCUT2D eigenvalue weighted by atomic mass is 35.5. The fourth-order valence-electron chi connectivity index (χ4n) is 3.13. The van der Waals surface area contributed by atoms with Crippen molar-refractivity contribution >= 4 is 54.5 Å². The van der Waals surface area contributed by atoms with Crippen molar-refractivity contribution in [2.45, 2.75) is 32.7 Å². The Hall–Kier alpha value is -0.720. The summed E-state index contributed by atoms with van der Waals surface area (Å²) in [5.74, 6) is 0.748. The summed E-state index contributed by atoms with van der Waals surface area (Å²) in [6, 6.07) is 8.01. The van der Waals surface area contributed by atoms with Crippen molar-refractivity contribution in [1.29, 1.82) is 0 Å². The summed E-state index contributed by atoms with van der Waals surface area (Å²) in [6.45, 7) is 9.38. The molecule has 1 aromatic rings. The number of rotatable bonds is 6. The minimum absolute atomic E-state index is 0. The van der Waals surface area contributed by atoms with Crippen LogP contribution < -0.4 is 16.0 Å². The summed E-state index contributed by atoms with van der Waals surface area (Å²) < 4.78 is 0. The molecule has 2 unspecified atom stereocenters. The second-order valence-corrected chi connectivity index (χ2v) is 7.42. The van der Waals surface area contributed by atoms with Gasteiger partial charge in [-0.15, -0.1) is 37.2 Å². The molecule has 1 heterocycles. The Bertz CT molecular complexity index is 576. The molecule has 1 saturated heterocycles. The van der Waals surface area contributed by atoms with E-state index in [-0.39, 0.29) is 55.1 Å². The van der Waals surface area contributed by atoms with Gasteiger partial charge in [-0.1, -0.05) is 13.0 Å². The first kappa shape index (κ1) is 26.3. The molecule has 8 heteroatoms. The van der Waals surface area contributed by atoms with Crippen molar-refractivity contribution in [1.82, 2.24) is 4.90 Å². The van der Waals surface area contributed by atoms with E-state index < -0.39 is 0 Å². The number of halogens is 3. The van der Waals surface area contributed by atoms with E-state index in [2.05, 4.69) is 27.2 Å². The van der Waals surface area contributed by atoms with Gasteiger partial charge in [-0.25, -0.2) is 0 Å². The Labute approximate surface area is 181 Å². The Kier molecular flexibility index (Phi) is 11.7. The molecule has 156 valence electrons. The number of carbonyl (C=O) groups is 1. The van der Waals surface area contributed by atoms with E-state index in [9.17, 15) is 4.79 Å². The third-order valence-electron chi connectivity index (χ3n) is 5.27. The highest BCUT2D eigenvalue weighted by Gasteiger charge is 2.26. The van der Waals surface area contributed by atoms with Gasteiger partial charge in [-0.3, -0.25) is 9.69 Å². The van der Waals surface area contributed by atoms with Crippen LogP contribution in [0.1, 0.15) is 26.7 Å². The van der Waals surface area contributed by atoms with Crippen LogP contribution in [-0.2, 0) is 4.79 Å². The fraction of sp³-hybridized carbons (Fsp3) is 0.632. The van der Waals surface area contributed by atoms with Crippen LogP contribution in [0.25, 0.3) is 0 Å². The van der Waals surface area contributed by atoms with Crippen LogP contribution >= 0.6 is 37.2 Å². The van der Waals surface area contributed by atoms with Crippen molar-refractivity contribution in [3.8, 4) is 0 Å². The van der Waals surface area contributed by atoms with Crippen LogP contribution in [-0.4, -0.2) is 49.6 Å². The quantitative estimate of drug-likeness (QED) is 0.713. The molecule has 2 atom stereocenters. The third-order valence-corrected chi connectivity index (χ3v) is 5.27. The minimum Gasteiger partial charge on any atom is -0.369 e. The lowest BCUT2D eigenvalue weighted by molar-refractivity contribution is -0.119. The van der Waals surface area contributed by atoms with Gasteiger partial charge in [0.05, 0.1) is 5.92 Å². The molecule has 5 nitrogen and oxygen atoms in total. The largest absolute Gasteiger partial charge is 0.369 e. The number of hydrogen-bond donors (Lipinski definition) is 2. The molecule has 2 aliphatic rings. The maximum atomic E-state index is 12.2. The average Bonchev–Trinajstić information content (AvgIpc) is 3.39.